The molecule has 0 spiro atoms. The van der Waals surface area contributed by atoms with Gasteiger partial charge >= 0.3 is 0 Å². The van der Waals surface area contributed by atoms with E-state index in [1.165, 1.54) is 6.07 Å². The van der Waals surface area contributed by atoms with Crippen molar-refractivity contribution in [1.29, 1.82) is 0 Å². The molecule has 0 radical (unpaired) electrons. The highest BCUT2D eigenvalue weighted by atomic mass is 16.6. The fourth-order valence-corrected chi connectivity index (χ4v) is 1.31. The molecular formula is C10H14N2O5. The van der Waals surface area contributed by atoms with Crippen molar-refractivity contribution in [2.45, 2.75) is 6.92 Å². The highest BCUT2D eigenvalue weighted by Crippen LogP contribution is 2.36. The Morgan fingerprint density at radius 3 is 2.76 bits per heavy atom. The molecule has 1 aromatic rings. The van der Waals surface area contributed by atoms with E-state index in [2.05, 4.69) is 5.32 Å². The van der Waals surface area contributed by atoms with Crippen LogP contribution in [0.1, 0.15) is 6.92 Å². The maximum Gasteiger partial charge on any atom is 0.296 e. The summed E-state index contributed by atoms with van der Waals surface area (Å²) in [7, 11) is 0. The Hall–Kier alpha value is -2.02. The Kier molecular flexibility index (Phi) is 4.53. The molecule has 0 aromatic heterocycles. The number of nitro groups is 1. The van der Waals surface area contributed by atoms with E-state index in [1.54, 1.807) is 6.92 Å². The number of hydrogen-bond acceptors (Lipinski definition) is 6. The molecular weight excluding hydrogens is 228 g/mol. The minimum atomic E-state index is -0.616. The van der Waals surface area contributed by atoms with E-state index in [0.29, 0.717) is 6.61 Å². The summed E-state index contributed by atoms with van der Waals surface area (Å²) in [4.78, 5) is 10.1. The van der Waals surface area contributed by atoms with E-state index in [-0.39, 0.29) is 36.0 Å². The van der Waals surface area contributed by atoms with Crippen molar-refractivity contribution in [3.63, 3.8) is 0 Å². The normalized spacial score (nSPS) is 10.0. The van der Waals surface area contributed by atoms with Gasteiger partial charge in [0.1, 0.15) is 5.69 Å². The van der Waals surface area contributed by atoms with Gasteiger partial charge in [0.15, 0.2) is 11.5 Å². The first-order valence-corrected chi connectivity index (χ1v) is 5.09. The maximum absolute atomic E-state index is 10.8. The third-order valence-corrected chi connectivity index (χ3v) is 2.00. The minimum absolute atomic E-state index is 0.151. The van der Waals surface area contributed by atoms with Gasteiger partial charge in [0.2, 0.25) is 0 Å². The number of aromatic hydroxyl groups is 1. The number of aliphatic hydroxyl groups excluding tert-OH is 1. The van der Waals surface area contributed by atoms with Crippen LogP contribution in [0.3, 0.4) is 0 Å². The molecule has 0 heterocycles. The number of benzene rings is 1. The van der Waals surface area contributed by atoms with Gasteiger partial charge in [-0.25, -0.2) is 0 Å². The number of anilines is 1. The van der Waals surface area contributed by atoms with Crippen molar-refractivity contribution in [3.05, 3.63) is 22.2 Å². The third kappa shape index (κ3) is 3.22. The van der Waals surface area contributed by atoms with Gasteiger partial charge in [-0.05, 0) is 6.92 Å². The van der Waals surface area contributed by atoms with E-state index in [0.717, 1.165) is 6.07 Å². The van der Waals surface area contributed by atoms with E-state index in [4.69, 9.17) is 9.84 Å². The number of ether oxygens (including phenoxy) is 1. The smallest absolute Gasteiger partial charge is 0.296 e. The average Bonchev–Trinajstić information content (AvgIpc) is 2.29. The molecule has 7 nitrogen and oxygen atoms in total. The summed E-state index contributed by atoms with van der Waals surface area (Å²) in [5.74, 6) is -0.119. The second-order valence-corrected chi connectivity index (χ2v) is 3.18. The van der Waals surface area contributed by atoms with Gasteiger partial charge in [-0.3, -0.25) is 10.1 Å². The summed E-state index contributed by atoms with van der Waals surface area (Å²) in [6, 6.07) is 2.36. The van der Waals surface area contributed by atoms with Crippen LogP contribution in [-0.2, 0) is 0 Å². The minimum Gasteiger partial charge on any atom is -0.504 e. The summed E-state index contributed by atoms with van der Waals surface area (Å²) in [6.07, 6.45) is 0. The molecule has 0 saturated carbocycles. The van der Waals surface area contributed by atoms with Crippen molar-refractivity contribution in [2.24, 2.45) is 0 Å². The highest BCUT2D eigenvalue weighted by molar-refractivity contribution is 5.68. The van der Waals surface area contributed by atoms with Gasteiger partial charge in [-0.1, -0.05) is 0 Å². The van der Waals surface area contributed by atoms with Gasteiger partial charge in [0.25, 0.3) is 5.69 Å². The van der Waals surface area contributed by atoms with Gasteiger partial charge in [-0.15, -0.1) is 0 Å². The topological polar surface area (TPSA) is 105 Å². The SMILES string of the molecule is CCOc1cc(NCCO)c([N+](=O)[O-])cc1O. The van der Waals surface area contributed by atoms with Gasteiger partial charge in [0.05, 0.1) is 24.2 Å². The quantitative estimate of drug-likeness (QED) is 0.392. The Balaban J connectivity index is 3.11. The Labute approximate surface area is 97.8 Å². The standard InChI is InChI=1S/C10H14N2O5/c1-2-17-10-5-7(11-3-4-13)8(12(15)16)6-9(10)14/h5-6,11,13-14H,2-4H2,1H3. The number of phenols is 1. The Morgan fingerprint density at radius 1 is 1.53 bits per heavy atom. The lowest BCUT2D eigenvalue weighted by Crippen LogP contribution is -2.08. The predicted octanol–water partition coefficient (Wildman–Crippen LogP) is 1.10. The van der Waals surface area contributed by atoms with Crippen LogP contribution in [0.15, 0.2) is 12.1 Å². The molecule has 7 heteroatoms. The summed E-state index contributed by atoms with van der Waals surface area (Å²) >= 11 is 0. The average molecular weight is 242 g/mol. The zero-order valence-corrected chi connectivity index (χ0v) is 9.34. The van der Waals surface area contributed by atoms with Crippen LogP contribution >= 0.6 is 0 Å². The van der Waals surface area contributed by atoms with Crippen LogP contribution in [0.2, 0.25) is 0 Å². The molecule has 0 amide bonds. The molecule has 17 heavy (non-hydrogen) atoms. The van der Waals surface area contributed by atoms with Crippen molar-refractivity contribution in [1.82, 2.24) is 0 Å². The first-order chi connectivity index (χ1) is 8.10. The van der Waals surface area contributed by atoms with Crippen molar-refractivity contribution in [2.75, 3.05) is 25.1 Å². The van der Waals surface area contributed by atoms with Crippen LogP contribution in [0.25, 0.3) is 0 Å². The first-order valence-electron chi connectivity index (χ1n) is 5.09. The van der Waals surface area contributed by atoms with E-state index >= 15 is 0 Å². The largest absolute Gasteiger partial charge is 0.504 e. The second kappa shape index (κ2) is 5.90. The lowest BCUT2D eigenvalue weighted by atomic mass is 10.2. The van der Waals surface area contributed by atoms with Crippen LogP contribution in [0.5, 0.6) is 11.5 Å². The number of phenolic OH excluding ortho intramolecular Hbond substituents is 1. The molecule has 0 aliphatic heterocycles. The first kappa shape index (κ1) is 13.0. The zero-order chi connectivity index (χ0) is 12.8. The van der Waals surface area contributed by atoms with Crippen molar-refractivity contribution >= 4 is 11.4 Å². The lowest BCUT2D eigenvalue weighted by Gasteiger charge is -2.10. The summed E-state index contributed by atoms with van der Waals surface area (Å²) in [5, 5.41) is 31.6. The van der Waals surface area contributed by atoms with Crippen molar-refractivity contribution in [3.8, 4) is 11.5 Å². The number of rotatable bonds is 6. The van der Waals surface area contributed by atoms with Gasteiger partial charge < -0.3 is 20.3 Å². The van der Waals surface area contributed by atoms with Crippen LogP contribution in [-0.4, -0.2) is 34.9 Å². The zero-order valence-electron chi connectivity index (χ0n) is 9.34. The molecule has 3 N–H and O–H groups in total. The predicted molar refractivity (Wildman–Crippen MR) is 61.5 cm³/mol. The van der Waals surface area contributed by atoms with Crippen LogP contribution in [0, 0.1) is 10.1 Å². The fraction of sp³-hybridized carbons (Fsp3) is 0.400. The third-order valence-electron chi connectivity index (χ3n) is 2.00. The molecule has 1 rings (SSSR count). The summed E-state index contributed by atoms with van der Waals surface area (Å²) < 4.78 is 5.12. The van der Waals surface area contributed by atoms with Crippen LogP contribution in [0.4, 0.5) is 11.4 Å². The van der Waals surface area contributed by atoms with E-state index < -0.39 is 4.92 Å². The molecule has 0 saturated heterocycles. The molecule has 0 aliphatic rings. The molecule has 94 valence electrons. The number of nitrogens with one attached hydrogen (secondary N) is 1. The summed E-state index contributed by atoms with van der Waals surface area (Å²) in [6.45, 7) is 2.10. The number of hydrogen-bond donors (Lipinski definition) is 3. The molecule has 0 aliphatic carbocycles. The Bertz CT molecular complexity index is 408. The molecule has 0 unspecified atom stereocenters. The number of nitrogens with zero attached hydrogens (tertiary/aromatic N) is 1. The molecule has 0 fully saturated rings. The van der Waals surface area contributed by atoms with Gasteiger partial charge in [0, 0.05) is 12.6 Å². The number of aliphatic hydroxyl groups is 1. The Morgan fingerprint density at radius 2 is 2.24 bits per heavy atom. The van der Waals surface area contributed by atoms with Crippen LogP contribution < -0.4 is 10.1 Å². The lowest BCUT2D eigenvalue weighted by molar-refractivity contribution is -0.384. The van der Waals surface area contributed by atoms with E-state index in [9.17, 15) is 15.2 Å². The van der Waals surface area contributed by atoms with Crippen molar-refractivity contribution < 1.29 is 19.9 Å². The van der Waals surface area contributed by atoms with E-state index in [1.807, 2.05) is 0 Å². The second-order valence-electron chi connectivity index (χ2n) is 3.18. The molecule has 1 aromatic carbocycles. The number of nitro benzene ring substituents is 1. The monoisotopic (exact) mass is 242 g/mol. The maximum atomic E-state index is 10.8. The highest BCUT2D eigenvalue weighted by Gasteiger charge is 2.18. The summed E-state index contributed by atoms with van der Waals surface area (Å²) in [5.41, 5.74) is -0.0651. The molecule has 0 bridgehead atoms. The fourth-order valence-electron chi connectivity index (χ4n) is 1.31. The van der Waals surface area contributed by atoms with Gasteiger partial charge in [-0.2, -0.15) is 0 Å². The molecule has 0 atom stereocenters.